The Labute approximate surface area is 221 Å². The number of carbonyl (C=O) groups excluding carboxylic acids is 1. The Morgan fingerprint density at radius 3 is 2.63 bits per heavy atom. The quantitative estimate of drug-likeness (QED) is 0.376. The summed E-state index contributed by atoms with van der Waals surface area (Å²) in [6.45, 7) is 6.22. The smallest absolute Gasteiger partial charge is 0.276 e. The second-order valence-corrected chi connectivity index (χ2v) is 10.4. The van der Waals surface area contributed by atoms with Crippen LogP contribution in [-0.4, -0.2) is 67.3 Å². The third-order valence-corrected chi connectivity index (χ3v) is 7.77. The van der Waals surface area contributed by atoms with Crippen LogP contribution in [-0.2, 0) is 6.54 Å². The van der Waals surface area contributed by atoms with E-state index < -0.39 is 5.82 Å². The SMILES string of the molecule is COc1ccc(F)c(C(=O)N2CC3CCC2CN3Cc2c(-c3ccc(C(C)C)nc3)nc3ccccn23)n1. The van der Waals surface area contributed by atoms with E-state index in [1.807, 2.05) is 30.6 Å². The van der Waals surface area contributed by atoms with E-state index in [-0.39, 0.29) is 29.6 Å². The van der Waals surface area contributed by atoms with Crippen molar-refractivity contribution in [1.82, 2.24) is 29.2 Å². The molecule has 9 heteroatoms. The molecular weight excluding hydrogens is 483 g/mol. The van der Waals surface area contributed by atoms with E-state index in [1.54, 1.807) is 4.90 Å². The third kappa shape index (κ3) is 4.30. The van der Waals surface area contributed by atoms with Crippen molar-refractivity contribution in [3.63, 3.8) is 0 Å². The van der Waals surface area contributed by atoms with Gasteiger partial charge in [0.1, 0.15) is 5.65 Å². The fraction of sp³-hybridized carbons (Fsp3) is 0.379. The summed E-state index contributed by atoms with van der Waals surface area (Å²) in [5.41, 5.74) is 4.79. The first-order chi connectivity index (χ1) is 18.4. The maximum Gasteiger partial charge on any atom is 0.276 e. The number of piperazine rings is 1. The molecule has 2 bridgehead atoms. The van der Waals surface area contributed by atoms with E-state index in [9.17, 15) is 9.18 Å². The summed E-state index contributed by atoms with van der Waals surface area (Å²) in [5.74, 6) is -0.404. The predicted octanol–water partition coefficient (Wildman–Crippen LogP) is 4.55. The second-order valence-electron chi connectivity index (χ2n) is 10.4. The number of methoxy groups -OCH3 is 1. The molecule has 7 heterocycles. The third-order valence-electron chi connectivity index (χ3n) is 7.77. The highest BCUT2D eigenvalue weighted by Gasteiger charge is 2.42. The number of nitrogens with zero attached hydrogens (tertiary/aromatic N) is 6. The highest BCUT2D eigenvalue weighted by atomic mass is 19.1. The number of amides is 1. The number of aromatic nitrogens is 4. The number of piperidine rings is 2. The van der Waals surface area contributed by atoms with Gasteiger partial charge in [-0.2, -0.15) is 0 Å². The van der Waals surface area contributed by atoms with Gasteiger partial charge in [-0.3, -0.25) is 14.7 Å². The number of carbonyl (C=O) groups is 1. The molecule has 2 unspecified atom stereocenters. The Morgan fingerprint density at radius 1 is 1.08 bits per heavy atom. The second kappa shape index (κ2) is 9.79. The van der Waals surface area contributed by atoms with Crippen LogP contribution >= 0.6 is 0 Å². The van der Waals surface area contributed by atoms with Crippen LogP contribution in [0.5, 0.6) is 5.88 Å². The molecule has 0 N–H and O–H groups in total. The van der Waals surface area contributed by atoms with Gasteiger partial charge in [0, 0.05) is 61.4 Å². The number of pyridine rings is 3. The van der Waals surface area contributed by atoms with Crippen LogP contribution in [0.15, 0.2) is 54.9 Å². The molecule has 4 aromatic rings. The summed E-state index contributed by atoms with van der Waals surface area (Å²) in [7, 11) is 1.46. The van der Waals surface area contributed by atoms with Gasteiger partial charge in [-0.15, -0.1) is 0 Å². The van der Waals surface area contributed by atoms with Gasteiger partial charge in [-0.05, 0) is 49.1 Å². The van der Waals surface area contributed by atoms with Crippen molar-refractivity contribution in [3.8, 4) is 17.1 Å². The molecular formula is C29H31FN6O2. The minimum atomic E-state index is -0.624. The first-order valence-corrected chi connectivity index (χ1v) is 13.1. The van der Waals surface area contributed by atoms with Gasteiger partial charge in [0.2, 0.25) is 5.88 Å². The van der Waals surface area contributed by atoms with Crippen LogP contribution in [0.3, 0.4) is 0 Å². The number of hydrogen-bond donors (Lipinski definition) is 0. The van der Waals surface area contributed by atoms with Crippen molar-refractivity contribution in [2.75, 3.05) is 20.2 Å². The van der Waals surface area contributed by atoms with E-state index in [1.165, 1.54) is 19.2 Å². The zero-order valence-corrected chi connectivity index (χ0v) is 21.8. The van der Waals surface area contributed by atoms with Crippen molar-refractivity contribution >= 4 is 11.6 Å². The molecule has 38 heavy (non-hydrogen) atoms. The molecule has 0 aliphatic carbocycles. The molecule has 2 atom stereocenters. The first kappa shape index (κ1) is 24.5. The molecule has 196 valence electrons. The zero-order chi connectivity index (χ0) is 26.4. The van der Waals surface area contributed by atoms with Gasteiger partial charge < -0.3 is 14.0 Å². The Bertz CT molecular complexity index is 1480. The highest BCUT2D eigenvalue weighted by Crippen LogP contribution is 2.34. The maximum atomic E-state index is 14.5. The normalized spacial score (nSPS) is 19.4. The largest absolute Gasteiger partial charge is 0.481 e. The van der Waals surface area contributed by atoms with E-state index in [0.717, 1.165) is 41.1 Å². The molecule has 3 fully saturated rings. The Morgan fingerprint density at radius 2 is 1.92 bits per heavy atom. The Hall–Kier alpha value is -3.85. The number of hydrogen-bond acceptors (Lipinski definition) is 6. The first-order valence-electron chi connectivity index (χ1n) is 13.1. The van der Waals surface area contributed by atoms with E-state index in [2.05, 4.69) is 45.2 Å². The average Bonchev–Trinajstić information content (AvgIpc) is 3.31. The minimum Gasteiger partial charge on any atom is -0.481 e. The Balaban J connectivity index is 1.27. The monoisotopic (exact) mass is 514 g/mol. The van der Waals surface area contributed by atoms with Gasteiger partial charge in [0.25, 0.3) is 5.91 Å². The van der Waals surface area contributed by atoms with Gasteiger partial charge >= 0.3 is 0 Å². The summed E-state index contributed by atoms with van der Waals surface area (Å²) >= 11 is 0. The van der Waals surface area contributed by atoms with Crippen molar-refractivity contribution in [3.05, 3.63) is 77.8 Å². The van der Waals surface area contributed by atoms with Crippen LogP contribution in [0.2, 0.25) is 0 Å². The summed E-state index contributed by atoms with van der Waals surface area (Å²) in [6, 6.07) is 13.0. The molecule has 8 nitrogen and oxygen atoms in total. The lowest BCUT2D eigenvalue weighted by Crippen LogP contribution is -2.63. The van der Waals surface area contributed by atoms with Gasteiger partial charge in [-0.1, -0.05) is 19.9 Å². The standard InChI is InChI=1S/C29H31FN6O2/c1-18(2)23-11-7-19(14-31-23)27-24(35-13-5-4-6-25(35)32-27)17-34-15-21-9-8-20(34)16-36(21)29(37)28-22(30)10-12-26(33-28)38-3/h4-7,10-14,18,20-21H,8-9,15-17H2,1-3H3. The Kier molecular flexibility index (Phi) is 6.31. The number of ether oxygens (including phenoxy) is 1. The lowest BCUT2D eigenvalue weighted by atomic mass is 9.90. The summed E-state index contributed by atoms with van der Waals surface area (Å²) in [6.07, 6.45) is 5.84. The van der Waals surface area contributed by atoms with Crippen LogP contribution in [0.25, 0.3) is 16.9 Å². The van der Waals surface area contributed by atoms with Crippen molar-refractivity contribution < 1.29 is 13.9 Å². The molecule has 7 rings (SSSR count). The van der Waals surface area contributed by atoms with Gasteiger partial charge in [0.15, 0.2) is 11.5 Å². The zero-order valence-electron chi connectivity index (χ0n) is 21.8. The van der Waals surface area contributed by atoms with Crippen molar-refractivity contribution in [2.24, 2.45) is 0 Å². The summed E-state index contributed by atoms with van der Waals surface area (Å²) in [4.78, 5) is 31.3. The average molecular weight is 515 g/mol. The van der Waals surface area contributed by atoms with E-state index >= 15 is 0 Å². The summed E-state index contributed by atoms with van der Waals surface area (Å²) in [5, 5.41) is 0. The van der Waals surface area contributed by atoms with Crippen molar-refractivity contribution in [2.45, 2.75) is 51.2 Å². The molecule has 0 radical (unpaired) electrons. The van der Waals surface area contributed by atoms with Crippen LogP contribution in [0.1, 0.15) is 54.5 Å². The molecule has 3 aliphatic heterocycles. The van der Waals surface area contributed by atoms with Crippen LogP contribution in [0, 0.1) is 5.82 Å². The lowest BCUT2D eigenvalue weighted by molar-refractivity contribution is -0.0165. The summed E-state index contributed by atoms with van der Waals surface area (Å²) < 4.78 is 21.8. The van der Waals surface area contributed by atoms with Gasteiger partial charge in [0.05, 0.1) is 18.5 Å². The molecule has 0 aromatic carbocycles. The van der Waals surface area contributed by atoms with Crippen LogP contribution in [0.4, 0.5) is 4.39 Å². The fourth-order valence-corrected chi connectivity index (χ4v) is 5.69. The fourth-order valence-electron chi connectivity index (χ4n) is 5.69. The number of fused-ring (bicyclic) bond motifs is 4. The van der Waals surface area contributed by atoms with E-state index in [0.29, 0.717) is 25.6 Å². The van der Waals surface area contributed by atoms with Crippen LogP contribution < -0.4 is 4.74 Å². The topological polar surface area (TPSA) is 75.9 Å². The molecule has 4 aromatic heterocycles. The molecule has 0 saturated carbocycles. The maximum absolute atomic E-state index is 14.5. The van der Waals surface area contributed by atoms with E-state index in [4.69, 9.17) is 9.72 Å². The molecule has 3 aliphatic rings. The lowest BCUT2D eigenvalue weighted by Gasteiger charge is -2.51. The number of rotatable bonds is 6. The molecule has 3 saturated heterocycles. The number of halogens is 1. The predicted molar refractivity (Wildman–Crippen MR) is 142 cm³/mol. The minimum absolute atomic E-state index is 0.00507. The highest BCUT2D eigenvalue weighted by molar-refractivity contribution is 5.93. The van der Waals surface area contributed by atoms with Gasteiger partial charge in [-0.25, -0.2) is 14.4 Å². The molecule has 1 amide bonds. The van der Waals surface area contributed by atoms with Crippen molar-refractivity contribution in [1.29, 1.82) is 0 Å². The molecule has 0 spiro atoms. The number of imidazole rings is 1.